The van der Waals surface area contributed by atoms with Crippen LogP contribution >= 0.6 is 0 Å². The summed E-state index contributed by atoms with van der Waals surface area (Å²) in [4.78, 5) is 4.77. The van der Waals surface area contributed by atoms with Crippen LogP contribution in [0.1, 0.15) is 36.8 Å². The highest BCUT2D eigenvalue weighted by atomic mass is 16.5. The number of hydrogen-bond donors (Lipinski definition) is 0. The third kappa shape index (κ3) is 2.57. The van der Waals surface area contributed by atoms with E-state index in [1.807, 2.05) is 6.33 Å². The van der Waals surface area contributed by atoms with Gasteiger partial charge in [-0.3, -0.25) is 0 Å². The summed E-state index contributed by atoms with van der Waals surface area (Å²) in [6.45, 7) is 2.20. The number of aryl methyl sites for hydroxylation is 2. The number of ether oxygens (including phenoxy) is 1. The van der Waals surface area contributed by atoms with E-state index in [1.165, 1.54) is 58.8 Å². The maximum Gasteiger partial charge on any atom is 0.287 e. The fraction of sp³-hybridized carbons (Fsp3) is 0.308. The number of benzene rings is 3. The summed E-state index contributed by atoms with van der Waals surface area (Å²) in [5.74, 6) is 2.72. The highest BCUT2D eigenvalue weighted by molar-refractivity contribution is 6.04. The van der Waals surface area contributed by atoms with Crippen LogP contribution in [0, 0.1) is 12.8 Å². The Hall–Kier alpha value is -2.94. The molecular weight excluding hydrogens is 356 g/mol. The second kappa shape index (κ2) is 6.28. The van der Waals surface area contributed by atoms with Gasteiger partial charge in [0.05, 0.1) is 12.6 Å². The third-order valence-corrected chi connectivity index (χ3v) is 6.83. The molecule has 4 aromatic rings. The topological polar surface area (TPSA) is 26.0 Å². The molecule has 3 aromatic carbocycles. The molecule has 0 unspecified atom stereocenters. The lowest BCUT2D eigenvalue weighted by Gasteiger charge is -2.23. The van der Waals surface area contributed by atoms with Gasteiger partial charge in [0, 0.05) is 0 Å². The van der Waals surface area contributed by atoms with Crippen molar-refractivity contribution in [2.75, 3.05) is 0 Å². The zero-order chi connectivity index (χ0) is 19.5. The van der Waals surface area contributed by atoms with Gasteiger partial charge in [-0.15, -0.1) is 0 Å². The van der Waals surface area contributed by atoms with Gasteiger partial charge in [0.2, 0.25) is 0 Å². The van der Waals surface area contributed by atoms with Gasteiger partial charge in [0.15, 0.2) is 11.2 Å². The van der Waals surface area contributed by atoms with Crippen molar-refractivity contribution in [3.05, 3.63) is 59.9 Å². The van der Waals surface area contributed by atoms with Crippen LogP contribution in [0.4, 0.5) is 0 Å². The number of rotatable bonds is 2. The molecule has 0 saturated heterocycles. The molecule has 29 heavy (non-hydrogen) atoms. The maximum absolute atomic E-state index is 6.55. The molecule has 0 bridgehead atoms. The molecule has 1 saturated carbocycles. The molecule has 1 aliphatic carbocycles. The summed E-state index contributed by atoms with van der Waals surface area (Å²) in [6, 6.07) is 15.3. The minimum Gasteiger partial charge on any atom is -0.456 e. The Bertz CT molecular complexity index is 1290. The van der Waals surface area contributed by atoms with E-state index in [0.29, 0.717) is 0 Å². The van der Waals surface area contributed by atoms with Gasteiger partial charge in [0.25, 0.3) is 6.33 Å². The summed E-state index contributed by atoms with van der Waals surface area (Å²) in [5.41, 5.74) is 6.06. The summed E-state index contributed by atoms with van der Waals surface area (Å²) < 4.78 is 8.69. The van der Waals surface area contributed by atoms with Crippen LogP contribution < -0.4 is 9.30 Å². The molecule has 2 heterocycles. The zero-order valence-corrected chi connectivity index (χ0v) is 17.0. The SMILES string of the molecule is Cc1c2c(cc3ccccc13)Oc1cc(CC3CCCC3)cc3nc[n+](C)c-2c13. The van der Waals surface area contributed by atoms with Gasteiger partial charge in [0.1, 0.15) is 16.9 Å². The maximum atomic E-state index is 6.55. The Kier molecular flexibility index (Phi) is 3.67. The van der Waals surface area contributed by atoms with E-state index >= 15 is 0 Å². The zero-order valence-electron chi connectivity index (χ0n) is 17.0. The molecule has 144 valence electrons. The lowest BCUT2D eigenvalue weighted by Crippen LogP contribution is -2.32. The molecule has 0 amide bonds. The number of aromatic nitrogens is 2. The molecule has 0 N–H and O–H groups in total. The van der Waals surface area contributed by atoms with E-state index in [0.717, 1.165) is 34.7 Å². The van der Waals surface area contributed by atoms with E-state index < -0.39 is 0 Å². The Morgan fingerprint density at radius 1 is 1.07 bits per heavy atom. The van der Waals surface area contributed by atoms with Crippen LogP contribution in [0.3, 0.4) is 0 Å². The second-order valence-corrected chi connectivity index (χ2v) is 8.74. The monoisotopic (exact) mass is 381 g/mol. The average Bonchev–Trinajstić information content (AvgIpc) is 3.23. The molecule has 1 fully saturated rings. The van der Waals surface area contributed by atoms with Crippen LogP contribution in [0.25, 0.3) is 32.9 Å². The Morgan fingerprint density at radius 2 is 1.90 bits per heavy atom. The van der Waals surface area contributed by atoms with Crippen molar-refractivity contribution in [3.8, 4) is 22.8 Å². The van der Waals surface area contributed by atoms with Crippen LogP contribution in [0.15, 0.2) is 48.8 Å². The van der Waals surface area contributed by atoms with Crippen molar-refractivity contribution in [2.24, 2.45) is 13.0 Å². The fourth-order valence-electron chi connectivity index (χ4n) is 5.42. The Morgan fingerprint density at radius 3 is 2.76 bits per heavy atom. The van der Waals surface area contributed by atoms with E-state index in [-0.39, 0.29) is 0 Å². The molecule has 2 aliphatic rings. The number of nitrogens with zero attached hydrogens (tertiary/aromatic N) is 2. The van der Waals surface area contributed by atoms with E-state index in [1.54, 1.807) is 0 Å². The van der Waals surface area contributed by atoms with E-state index in [4.69, 9.17) is 9.72 Å². The standard InChI is InChI=1S/C26H25N2O/c1-16-20-10-6-5-9-19(20)14-23-24(16)26-25-21(27-15-28(26)2)12-18(13-22(25)29-23)11-17-7-3-4-8-17/h5-6,9-10,12-15,17H,3-4,7-8,11H2,1-2H3/q+1. The number of hydrogen-bond acceptors (Lipinski definition) is 2. The van der Waals surface area contributed by atoms with E-state index in [9.17, 15) is 0 Å². The first-order valence-electron chi connectivity index (χ1n) is 10.7. The van der Waals surface area contributed by atoms with Crippen LogP contribution in [0.2, 0.25) is 0 Å². The van der Waals surface area contributed by atoms with Crippen molar-refractivity contribution < 1.29 is 9.30 Å². The first-order chi connectivity index (χ1) is 14.2. The smallest absolute Gasteiger partial charge is 0.287 e. The summed E-state index contributed by atoms with van der Waals surface area (Å²) in [7, 11) is 2.09. The summed E-state index contributed by atoms with van der Waals surface area (Å²) >= 11 is 0. The van der Waals surface area contributed by atoms with Gasteiger partial charge < -0.3 is 4.74 Å². The predicted molar refractivity (Wildman–Crippen MR) is 116 cm³/mol. The van der Waals surface area contributed by atoms with Crippen LogP contribution in [-0.4, -0.2) is 4.98 Å². The highest BCUT2D eigenvalue weighted by Crippen LogP contribution is 2.48. The normalized spacial score (nSPS) is 15.7. The van der Waals surface area contributed by atoms with Crippen LogP contribution in [0.5, 0.6) is 11.5 Å². The first-order valence-corrected chi connectivity index (χ1v) is 10.7. The molecule has 0 radical (unpaired) electrons. The Balaban J connectivity index is 1.61. The van der Waals surface area contributed by atoms with E-state index in [2.05, 4.69) is 61.0 Å². The predicted octanol–water partition coefficient (Wildman–Crippen LogP) is 6.03. The molecular formula is C26H25N2O+. The molecule has 6 rings (SSSR count). The van der Waals surface area contributed by atoms with Crippen molar-refractivity contribution >= 4 is 21.7 Å². The van der Waals surface area contributed by atoms with Crippen molar-refractivity contribution in [1.29, 1.82) is 0 Å². The molecule has 1 aromatic heterocycles. The quantitative estimate of drug-likeness (QED) is 0.349. The minimum atomic E-state index is 0.806. The number of fused-ring (bicyclic) bond motifs is 3. The molecule has 3 nitrogen and oxygen atoms in total. The second-order valence-electron chi connectivity index (χ2n) is 8.74. The average molecular weight is 381 g/mol. The molecule has 1 aliphatic heterocycles. The lowest BCUT2D eigenvalue weighted by atomic mass is 9.91. The molecule has 3 heteroatoms. The Labute approximate surface area is 171 Å². The summed E-state index contributed by atoms with van der Waals surface area (Å²) in [6.07, 6.45) is 8.53. The van der Waals surface area contributed by atoms with Crippen molar-refractivity contribution in [1.82, 2.24) is 4.98 Å². The van der Waals surface area contributed by atoms with Crippen molar-refractivity contribution in [3.63, 3.8) is 0 Å². The van der Waals surface area contributed by atoms with Gasteiger partial charge in [-0.1, -0.05) is 49.9 Å². The van der Waals surface area contributed by atoms with Crippen molar-refractivity contribution in [2.45, 2.75) is 39.0 Å². The van der Waals surface area contributed by atoms with Gasteiger partial charge in [-0.25, -0.2) is 4.57 Å². The van der Waals surface area contributed by atoms with Gasteiger partial charge >= 0.3 is 0 Å². The largest absolute Gasteiger partial charge is 0.456 e. The van der Waals surface area contributed by atoms with Gasteiger partial charge in [-0.2, -0.15) is 0 Å². The molecule has 0 spiro atoms. The van der Waals surface area contributed by atoms with Gasteiger partial charge in [-0.05, 0) is 64.3 Å². The van der Waals surface area contributed by atoms with Crippen LogP contribution in [-0.2, 0) is 13.5 Å². The highest BCUT2D eigenvalue weighted by Gasteiger charge is 2.30. The fourth-order valence-corrected chi connectivity index (χ4v) is 5.42. The summed E-state index contributed by atoms with van der Waals surface area (Å²) in [5, 5.41) is 3.64. The first kappa shape index (κ1) is 17.0. The lowest BCUT2D eigenvalue weighted by molar-refractivity contribution is -0.662. The minimum absolute atomic E-state index is 0.806. The third-order valence-electron chi connectivity index (χ3n) is 6.83. The molecule has 0 atom stereocenters.